The molecular formula is C23H28ClN3O3S. The van der Waals surface area contributed by atoms with E-state index in [1.807, 2.05) is 4.90 Å². The van der Waals surface area contributed by atoms with E-state index in [1.54, 1.807) is 6.07 Å². The topological polar surface area (TPSA) is 70.6 Å². The number of nitrogens with zero attached hydrogens (tertiary/aromatic N) is 3. The average molecular weight is 462 g/mol. The molecule has 0 atom stereocenters. The van der Waals surface area contributed by atoms with Crippen molar-refractivity contribution in [2.24, 2.45) is 5.92 Å². The first-order valence-electron chi connectivity index (χ1n) is 10.8. The van der Waals surface area contributed by atoms with Crippen LogP contribution in [0.2, 0.25) is 5.15 Å². The minimum atomic E-state index is -3.71. The molecule has 2 aliphatic rings. The van der Waals surface area contributed by atoms with Crippen molar-refractivity contribution in [2.75, 3.05) is 24.5 Å². The Morgan fingerprint density at radius 2 is 1.90 bits per heavy atom. The average Bonchev–Trinajstić information content (AvgIpc) is 2.78. The lowest BCUT2D eigenvalue weighted by molar-refractivity contribution is -0.123. The number of rotatable bonds is 4. The summed E-state index contributed by atoms with van der Waals surface area (Å²) in [6, 6.07) is 9.45. The van der Waals surface area contributed by atoms with Crippen molar-refractivity contribution in [3.8, 4) is 0 Å². The number of carbonyl (C=O) groups excluding carboxylic acids is 1. The number of halogens is 1. The summed E-state index contributed by atoms with van der Waals surface area (Å²) in [5.74, 6) is 0.386. The number of aromatic nitrogens is 1. The second kappa shape index (κ2) is 8.88. The van der Waals surface area contributed by atoms with Gasteiger partial charge in [-0.3, -0.25) is 4.79 Å². The number of hydrogen-bond donors (Lipinski definition) is 0. The third kappa shape index (κ3) is 4.36. The summed E-state index contributed by atoms with van der Waals surface area (Å²) in [7, 11) is -3.71. The quantitative estimate of drug-likeness (QED) is 0.638. The molecule has 8 heteroatoms. The summed E-state index contributed by atoms with van der Waals surface area (Å²) < 4.78 is 27.3. The fourth-order valence-corrected chi connectivity index (χ4v) is 6.37. The largest absolute Gasteiger partial charge is 0.312 e. The molecule has 6 nitrogen and oxygen atoms in total. The predicted octanol–water partition coefficient (Wildman–Crippen LogP) is 4.24. The minimum Gasteiger partial charge on any atom is -0.312 e. The highest BCUT2D eigenvalue weighted by Gasteiger charge is 2.36. The smallest absolute Gasteiger partial charge is 0.246 e. The molecule has 1 fully saturated rings. The molecule has 166 valence electrons. The molecule has 0 spiro atoms. The molecule has 0 saturated carbocycles. The number of carbonyl (C=O) groups is 1. The van der Waals surface area contributed by atoms with Crippen molar-refractivity contribution >= 4 is 33.2 Å². The van der Waals surface area contributed by atoms with Gasteiger partial charge in [0.2, 0.25) is 15.9 Å². The lowest BCUT2D eigenvalue weighted by atomic mass is 9.92. The number of aryl methyl sites for hydroxylation is 1. The lowest BCUT2D eigenvalue weighted by Gasteiger charge is -2.36. The van der Waals surface area contributed by atoms with Crippen LogP contribution < -0.4 is 4.90 Å². The second-order valence-electron chi connectivity index (χ2n) is 8.61. The first kappa shape index (κ1) is 22.2. The van der Waals surface area contributed by atoms with Crippen LogP contribution in [0.5, 0.6) is 0 Å². The maximum absolute atomic E-state index is 13.3. The molecule has 0 unspecified atom stereocenters. The molecule has 31 heavy (non-hydrogen) atoms. The number of fused-ring (bicyclic) bond motifs is 1. The van der Waals surface area contributed by atoms with E-state index in [1.165, 1.54) is 27.7 Å². The number of sulfonamides is 1. The van der Waals surface area contributed by atoms with Gasteiger partial charge in [-0.25, -0.2) is 13.4 Å². The molecule has 4 rings (SSSR count). The van der Waals surface area contributed by atoms with Crippen LogP contribution in [0.1, 0.15) is 50.2 Å². The van der Waals surface area contributed by atoms with Crippen LogP contribution in [0.3, 0.4) is 0 Å². The maximum atomic E-state index is 13.3. The van der Waals surface area contributed by atoms with E-state index in [-0.39, 0.29) is 21.9 Å². The Hall–Kier alpha value is -1.96. The fraction of sp³-hybridized carbons (Fsp3) is 0.478. The van der Waals surface area contributed by atoms with Crippen molar-refractivity contribution in [1.29, 1.82) is 0 Å². The Bertz CT molecular complexity index is 1080. The molecule has 1 amide bonds. The SMILES string of the molecule is CC(C)c1ccc2c(c1)CCCN2C(=O)C1CCN(S(=O)(=O)c2cccnc2Cl)CC1. The summed E-state index contributed by atoms with van der Waals surface area (Å²) in [6.07, 6.45) is 4.42. The monoisotopic (exact) mass is 461 g/mol. The van der Waals surface area contributed by atoms with Gasteiger partial charge in [0.25, 0.3) is 0 Å². The van der Waals surface area contributed by atoms with Crippen LogP contribution >= 0.6 is 11.6 Å². The zero-order valence-corrected chi connectivity index (χ0v) is 19.5. The van der Waals surface area contributed by atoms with Gasteiger partial charge in [0.05, 0.1) is 0 Å². The molecule has 0 radical (unpaired) electrons. The van der Waals surface area contributed by atoms with Gasteiger partial charge in [0, 0.05) is 37.4 Å². The van der Waals surface area contributed by atoms with Crippen molar-refractivity contribution in [3.63, 3.8) is 0 Å². The van der Waals surface area contributed by atoms with Crippen molar-refractivity contribution < 1.29 is 13.2 Å². The van der Waals surface area contributed by atoms with Crippen LogP contribution in [-0.4, -0.2) is 43.2 Å². The number of hydrogen-bond acceptors (Lipinski definition) is 4. The van der Waals surface area contributed by atoms with Crippen molar-refractivity contribution in [1.82, 2.24) is 9.29 Å². The van der Waals surface area contributed by atoms with E-state index in [4.69, 9.17) is 11.6 Å². The molecule has 0 N–H and O–H groups in total. The van der Waals surface area contributed by atoms with Crippen LogP contribution in [0, 0.1) is 5.92 Å². The van der Waals surface area contributed by atoms with Gasteiger partial charge in [-0.15, -0.1) is 0 Å². The van der Waals surface area contributed by atoms with Crippen LogP contribution in [-0.2, 0) is 21.2 Å². The molecule has 2 aliphatic heterocycles. The van der Waals surface area contributed by atoms with E-state index in [9.17, 15) is 13.2 Å². The summed E-state index contributed by atoms with van der Waals surface area (Å²) in [4.78, 5) is 19.2. The molecule has 0 aliphatic carbocycles. The summed E-state index contributed by atoms with van der Waals surface area (Å²) >= 11 is 6.01. The number of pyridine rings is 1. The normalized spacial score (nSPS) is 18.3. The van der Waals surface area contributed by atoms with Crippen LogP contribution in [0.4, 0.5) is 5.69 Å². The number of piperidine rings is 1. The molecule has 2 aromatic rings. The summed E-state index contributed by atoms with van der Waals surface area (Å²) in [6.45, 7) is 5.67. The van der Waals surface area contributed by atoms with Gasteiger partial charge in [0.15, 0.2) is 0 Å². The number of benzene rings is 1. The van der Waals surface area contributed by atoms with E-state index >= 15 is 0 Å². The van der Waals surface area contributed by atoms with E-state index in [2.05, 4.69) is 37.0 Å². The Morgan fingerprint density at radius 3 is 2.58 bits per heavy atom. The highest BCUT2D eigenvalue weighted by Crippen LogP contribution is 2.33. The van der Waals surface area contributed by atoms with Gasteiger partial charge in [0.1, 0.15) is 10.0 Å². The number of anilines is 1. The van der Waals surface area contributed by atoms with E-state index in [0.717, 1.165) is 25.1 Å². The Morgan fingerprint density at radius 1 is 1.16 bits per heavy atom. The van der Waals surface area contributed by atoms with Crippen molar-refractivity contribution in [2.45, 2.75) is 50.3 Å². The molecule has 0 bridgehead atoms. The molecule has 3 heterocycles. The van der Waals surface area contributed by atoms with Gasteiger partial charge < -0.3 is 4.90 Å². The highest BCUT2D eigenvalue weighted by atomic mass is 35.5. The standard InChI is InChI=1S/C23H28ClN3O3S/c1-16(2)18-7-8-20-19(15-18)5-4-12-27(20)23(28)17-9-13-26(14-10-17)31(29,30)21-6-3-11-25-22(21)24/h3,6-8,11,15-17H,4-5,9-10,12-14H2,1-2H3. The molecule has 1 aromatic heterocycles. The summed E-state index contributed by atoms with van der Waals surface area (Å²) in [5, 5.41) is -0.0219. The van der Waals surface area contributed by atoms with E-state index in [0.29, 0.717) is 31.8 Å². The molecule has 1 saturated heterocycles. The molecule has 1 aromatic carbocycles. The predicted molar refractivity (Wildman–Crippen MR) is 122 cm³/mol. The summed E-state index contributed by atoms with van der Waals surface area (Å²) in [5.41, 5.74) is 3.54. The fourth-order valence-electron chi connectivity index (χ4n) is 4.47. The maximum Gasteiger partial charge on any atom is 0.246 e. The first-order chi connectivity index (χ1) is 14.8. The first-order valence-corrected chi connectivity index (χ1v) is 12.7. The highest BCUT2D eigenvalue weighted by molar-refractivity contribution is 7.89. The van der Waals surface area contributed by atoms with Gasteiger partial charge in [-0.05, 0) is 60.9 Å². The van der Waals surface area contributed by atoms with Gasteiger partial charge >= 0.3 is 0 Å². The Labute approximate surface area is 189 Å². The van der Waals surface area contributed by atoms with Gasteiger partial charge in [-0.2, -0.15) is 4.31 Å². The van der Waals surface area contributed by atoms with Crippen molar-refractivity contribution in [3.05, 3.63) is 52.8 Å². The third-order valence-electron chi connectivity index (χ3n) is 6.30. The second-order valence-corrected chi connectivity index (χ2v) is 10.9. The lowest BCUT2D eigenvalue weighted by Crippen LogP contribution is -2.45. The van der Waals surface area contributed by atoms with E-state index < -0.39 is 10.0 Å². The Kier molecular flexibility index (Phi) is 6.37. The Balaban J connectivity index is 1.47. The molecular weight excluding hydrogens is 434 g/mol. The van der Waals surface area contributed by atoms with Crippen LogP contribution in [0.25, 0.3) is 0 Å². The van der Waals surface area contributed by atoms with Crippen LogP contribution in [0.15, 0.2) is 41.4 Å². The zero-order chi connectivity index (χ0) is 22.2. The third-order valence-corrected chi connectivity index (χ3v) is 8.64. The zero-order valence-electron chi connectivity index (χ0n) is 17.9. The minimum absolute atomic E-state index is 0.0207. The number of amides is 1. The van der Waals surface area contributed by atoms with Gasteiger partial charge in [-0.1, -0.05) is 37.6 Å².